The molecule has 1 saturated heterocycles. The van der Waals surface area contributed by atoms with Gasteiger partial charge in [0, 0.05) is 12.5 Å². The number of amides is 1. The summed E-state index contributed by atoms with van der Waals surface area (Å²) >= 11 is 0. The predicted octanol–water partition coefficient (Wildman–Crippen LogP) is 2.45. The number of hydrogen-bond donors (Lipinski definition) is 1. The lowest BCUT2D eigenvalue weighted by atomic mass is 10.1. The topological polar surface area (TPSA) is 50.8 Å². The van der Waals surface area contributed by atoms with Crippen LogP contribution in [0.2, 0.25) is 0 Å². The van der Waals surface area contributed by atoms with E-state index in [2.05, 4.69) is 17.3 Å². The fourth-order valence-electron chi connectivity index (χ4n) is 2.71. The number of benzene rings is 1. The molecular formula is C18H28N2O3. The molecule has 0 aromatic heterocycles. The van der Waals surface area contributed by atoms with Gasteiger partial charge in [0.05, 0.1) is 13.2 Å². The van der Waals surface area contributed by atoms with Crippen molar-refractivity contribution in [3.05, 3.63) is 24.3 Å². The van der Waals surface area contributed by atoms with Crippen molar-refractivity contribution in [1.82, 2.24) is 10.2 Å². The van der Waals surface area contributed by atoms with E-state index in [0.29, 0.717) is 32.1 Å². The van der Waals surface area contributed by atoms with Crippen LogP contribution in [0.4, 0.5) is 0 Å². The summed E-state index contributed by atoms with van der Waals surface area (Å²) in [5, 5.41) is 3.12. The van der Waals surface area contributed by atoms with Gasteiger partial charge in [-0.2, -0.15) is 0 Å². The highest BCUT2D eigenvalue weighted by atomic mass is 16.5. The number of nitrogens with one attached hydrogen (secondary N) is 1. The Labute approximate surface area is 139 Å². The lowest BCUT2D eigenvalue weighted by Gasteiger charge is -2.29. The summed E-state index contributed by atoms with van der Waals surface area (Å²) in [5.74, 6) is 1.62. The monoisotopic (exact) mass is 320 g/mol. The van der Waals surface area contributed by atoms with Gasteiger partial charge < -0.3 is 19.7 Å². The number of ether oxygens (including phenoxy) is 2. The third-order valence-electron chi connectivity index (χ3n) is 4.04. The molecule has 1 aromatic rings. The zero-order valence-corrected chi connectivity index (χ0v) is 14.2. The van der Waals surface area contributed by atoms with Gasteiger partial charge in [-0.15, -0.1) is 0 Å². The summed E-state index contributed by atoms with van der Waals surface area (Å²) in [5.41, 5.74) is 0. The van der Waals surface area contributed by atoms with E-state index in [1.807, 2.05) is 31.2 Å². The molecule has 0 bridgehead atoms. The fraction of sp³-hybridized carbons (Fsp3) is 0.611. The lowest BCUT2D eigenvalue weighted by molar-refractivity contribution is -0.122. The van der Waals surface area contributed by atoms with Crippen molar-refractivity contribution < 1.29 is 14.3 Å². The molecule has 1 fully saturated rings. The van der Waals surface area contributed by atoms with Crippen molar-refractivity contribution >= 4 is 5.91 Å². The van der Waals surface area contributed by atoms with Crippen LogP contribution >= 0.6 is 0 Å². The average Bonchev–Trinajstić information content (AvgIpc) is 2.55. The van der Waals surface area contributed by atoms with E-state index >= 15 is 0 Å². The molecule has 1 aliphatic heterocycles. The lowest BCUT2D eigenvalue weighted by Crippen LogP contribution is -2.43. The van der Waals surface area contributed by atoms with E-state index in [-0.39, 0.29) is 5.91 Å². The first-order chi connectivity index (χ1) is 11.2. The zero-order valence-electron chi connectivity index (χ0n) is 14.2. The zero-order chi connectivity index (χ0) is 16.5. The van der Waals surface area contributed by atoms with Crippen LogP contribution in [0.3, 0.4) is 0 Å². The van der Waals surface area contributed by atoms with Gasteiger partial charge in [0.1, 0.15) is 0 Å². The van der Waals surface area contributed by atoms with Gasteiger partial charge in [0.25, 0.3) is 0 Å². The largest absolute Gasteiger partial charge is 0.490 e. The second-order valence-corrected chi connectivity index (χ2v) is 5.98. The van der Waals surface area contributed by atoms with E-state index in [1.165, 1.54) is 0 Å². The Balaban J connectivity index is 1.64. The molecule has 1 aliphatic rings. The number of carbonyl (C=O) groups excluding carboxylic acids is 1. The summed E-state index contributed by atoms with van der Waals surface area (Å²) < 4.78 is 11.2. The molecule has 5 nitrogen and oxygen atoms in total. The second-order valence-electron chi connectivity index (χ2n) is 5.98. The summed E-state index contributed by atoms with van der Waals surface area (Å²) in [7, 11) is 2.12. The maximum Gasteiger partial charge on any atom is 0.220 e. The first-order valence-electron chi connectivity index (χ1n) is 8.51. The van der Waals surface area contributed by atoms with Crippen molar-refractivity contribution in [2.45, 2.75) is 38.6 Å². The molecule has 0 atom stereocenters. The van der Waals surface area contributed by atoms with Crippen LogP contribution < -0.4 is 14.8 Å². The fourth-order valence-corrected chi connectivity index (χ4v) is 2.71. The van der Waals surface area contributed by atoms with Gasteiger partial charge in [-0.25, -0.2) is 0 Å². The molecule has 128 valence electrons. The highest BCUT2D eigenvalue weighted by molar-refractivity contribution is 5.76. The van der Waals surface area contributed by atoms with E-state index in [9.17, 15) is 4.79 Å². The Morgan fingerprint density at radius 1 is 1.22 bits per heavy atom. The molecule has 1 amide bonds. The number of nitrogens with zero attached hydrogens (tertiary/aromatic N) is 1. The molecule has 23 heavy (non-hydrogen) atoms. The molecule has 5 heteroatoms. The van der Waals surface area contributed by atoms with Gasteiger partial charge in [0.2, 0.25) is 5.91 Å². The quantitative estimate of drug-likeness (QED) is 0.748. The van der Waals surface area contributed by atoms with E-state index in [1.54, 1.807) is 0 Å². The molecule has 1 aromatic carbocycles. The molecule has 1 N–H and O–H groups in total. The molecule has 0 aliphatic carbocycles. The number of rotatable bonds is 8. The molecule has 0 radical (unpaired) electrons. The maximum absolute atomic E-state index is 12.0. The van der Waals surface area contributed by atoms with Crippen LogP contribution in [0.25, 0.3) is 0 Å². The smallest absolute Gasteiger partial charge is 0.220 e. The molecule has 1 heterocycles. The van der Waals surface area contributed by atoms with Gasteiger partial charge >= 0.3 is 0 Å². The van der Waals surface area contributed by atoms with Gasteiger partial charge in [-0.3, -0.25) is 4.79 Å². The third-order valence-corrected chi connectivity index (χ3v) is 4.04. The normalized spacial score (nSPS) is 16.1. The molecule has 0 spiro atoms. The highest BCUT2D eigenvalue weighted by Crippen LogP contribution is 2.26. The van der Waals surface area contributed by atoms with Crippen molar-refractivity contribution in [3.63, 3.8) is 0 Å². The molecule has 2 rings (SSSR count). The van der Waals surface area contributed by atoms with E-state index in [0.717, 1.165) is 37.4 Å². The molecule has 0 saturated carbocycles. The Morgan fingerprint density at radius 3 is 2.52 bits per heavy atom. The van der Waals surface area contributed by atoms with Crippen LogP contribution in [0, 0.1) is 0 Å². The van der Waals surface area contributed by atoms with Crippen LogP contribution in [-0.2, 0) is 4.79 Å². The Bertz CT molecular complexity index is 485. The Morgan fingerprint density at radius 2 is 1.87 bits per heavy atom. The first-order valence-corrected chi connectivity index (χ1v) is 8.51. The molecular weight excluding hydrogens is 292 g/mol. The number of para-hydroxylation sites is 2. The van der Waals surface area contributed by atoms with Crippen molar-refractivity contribution in [1.29, 1.82) is 0 Å². The van der Waals surface area contributed by atoms with Crippen LogP contribution in [0.1, 0.15) is 32.6 Å². The minimum atomic E-state index is 0.126. The minimum absolute atomic E-state index is 0.126. The minimum Gasteiger partial charge on any atom is -0.490 e. The average molecular weight is 320 g/mol. The Kier molecular flexibility index (Phi) is 7.20. The van der Waals surface area contributed by atoms with Crippen molar-refractivity contribution in [3.8, 4) is 11.5 Å². The number of likely N-dealkylation sites (tertiary alicyclic amines) is 1. The third kappa shape index (κ3) is 6.10. The second kappa shape index (κ2) is 9.40. The summed E-state index contributed by atoms with van der Waals surface area (Å²) in [6.45, 7) is 5.19. The highest BCUT2D eigenvalue weighted by Gasteiger charge is 2.18. The van der Waals surface area contributed by atoms with Crippen LogP contribution in [-0.4, -0.2) is 50.2 Å². The van der Waals surface area contributed by atoms with Gasteiger partial charge in [0.15, 0.2) is 11.5 Å². The number of hydrogen-bond acceptors (Lipinski definition) is 4. The standard InChI is InChI=1S/C18H28N2O3/c1-3-22-16-7-4-5-8-17(16)23-14-6-9-18(21)19-15-10-12-20(2)13-11-15/h4-5,7-8,15H,3,6,9-14H2,1-2H3,(H,19,21). The van der Waals surface area contributed by atoms with Gasteiger partial charge in [-0.1, -0.05) is 12.1 Å². The summed E-state index contributed by atoms with van der Waals surface area (Å²) in [6.07, 6.45) is 3.29. The number of carbonyl (C=O) groups is 1. The summed E-state index contributed by atoms with van der Waals surface area (Å²) in [6, 6.07) is 7.96. The number of piperidine rings is 1. The van der Waals surface area contributed by atoms with Crippen molar-refractivity contribution in [2.24, 2.45) is 0 Å². The van der Waals surface area contributed by atoms with Crippen molar-refractivity contribution in [2.75, 3.05) is 33.4 Å². The first kappa shape index (κ1) is 17.6. The van der Waals surface area contributed by atoms with Crippen LogP contribution in [0.15, 0.2) is 24.3 Å². The Hall–Kier alpha value is -1.75. The van der Waals surface area contributed by atoms with Crippen LogP contribution in [0.5, 0.6) is 11.5 Å². The predicted molar refractivity (Wildman–Crippen MR) is 91.0 cm³/mol. The van der Waals surface area contributed by atoms with Gasteiger partial charge in [-0.05, 0) is 58.5 Å². The maximum atomic E-state index is 12.0. The van der Waals surface area contributed by atoms with E-state index in [4.69, 9.17) is 9.47 Å². The summed E-state index contributed by atoms with van der Waals surface area (Å²) in [4.78, 5) is 14.3. The van der Waals surface area contributed by atoms with E-state index < -0.39 is 0 Å². The molecule has 0 unspecified atom stereocenters. The SMILES string of the molecule is CCOc1ccccc1OCCCC(=O)NC1CCN(C)CC1.